The summed E-state index contributed by atoms with van der Waals surface area (Å²) in [6.07, 6.45) is 6.57. The molecule has 0 atom stereocenters. The summed E-state index contributed by atoms with van der Waals surface area (Å²) in [5.74, 6) is 1.04. The van der Waals surface area contributed by atoms with E-state index in [1.54, 1.807) is 26.5 Å². The molecule has 0 aliphatic rings. The van der Waals surface area contributed by atoms with Gasteiger partial charge in [-0.25, -0.2) is 0 Å². The molecule has 0 radical (unpaired) electrons. The fourth-order valence-electron chi connectivity index (χ4n) is 3.84. The zero-order valence-corrected chi connectivity index (χ0v) is 20.4. The fourth-order valence-corrected chi connectivity index (χ4v) is 3.84. The van der Waals surface area contributed by atoms with Crippen LogP contribution in [0.25, 0.3) is 6.08 Å². The molecule has 2 aromatic carbocycles. The highest BCUT2D eigenvalue weighted by Crippen LogP contribution is 2.35. The standard InChI is InChI=1S/C27H32N4O3/c1-6-18-14-21(28)24(15-19(18)7-2)31-26(32)11-10-22-23(9-8-12-29-22)30-20-13-17(3)27(34-5)25(16-20)33-4/h8-16,30H,6-7,28H2,1-5H3,(H,31,32)/b11-10+. The van der Waals surface area contributed by atoms with Gasteiger partial charge in [0.2, 0.25) is 5.91 Å². The molecule has 1 amide bonds. The Balaban J connectivity index is 1.80. The molecule has 34 heavy (non-hydrogen) atoms. The van der Waals surface area contributed by atoms with Crippen LogP contribution in [0, 0.1) is 6.92 Å². The molecule has 1 heterocycles. The third kappa shape index (κ3) is 5.67. The number of methoxy groups -OCH3 is 2. The van der Waals surface area contributed by atoms with Crippen LogP contribution in [0.15, 0.2) is 48.7 Å². The van der Waals surface area contributed by atoms with Gasteiger partial charge in [-0.1, -0.05) is 13.8 Å². The van der Waals surface area contributed by atoms with Crippen LogP contribution in [0.3, 0.4) is 0 Å². The number of nitrogens with two attached hydrogens (primary N) is 1. The average Bonchev–Trinajstić information content (AvgIpc) is 2.84. The smallest absolute Gasteiger partial charge is 0.248 e. The van der Waals surface area contributed by atoms with Crippen molar-refractivity contribution in [1.82, 2.24) is 4.98 Å². The zero-order valence-electron chi connectivity index (χ0n) is 20.4. The average molecular weight is 461 g/mol. The quantitative estimate of drug-likeness (QED) is 0.288. The van der Waals surface area contributed by atoms with E-state index < -0.39 is 0 Å². The number of rotatable bonds is 9. The number of nitrogen functional groups attached to an aromatic ring is 1. The summed E-state index contributed by atoms with van der Waals surface area (Å²) in [5, 5.41) is 6.23. The van der Waals surface area contributed by atoms with Crippen molar-refractivity contribution in [2.45, 2.75) is 33.6 Å². The number of carbonyl (C=O) groups excluding carboxylic acids is 1. The number of nitrogens with zero attached hydrogens (tertiary/aromatic N) is 1. The van der Waals surface area contributed by atoms with Gasteiger partial charge in [-0.15, -0.1) is 0 Å². The van der Waals surface area contributed by atoms with Crippen LogP contribution in [0.2, 0.25) is 0 Å². The number of hydrogen-bond donors (Lipinski definition) is 3. The highest BCUT2D eigenvalue weighted by Gasteiger charge is 2.11. The second-order valence-corrected chi connectivity index (χ2v) is 7.83. The van der Waals surface area contributed by atoms with Gasteiger partial charge in [0.1, 0.15) is 0 Å². The van der Waals surface area contributed by atoms with Crippen LogP contribution >= 0.6 is 0 Å². The van der Waals surface area contributed by atoms with Crippen molar-refractivity contribution in [1.29, 1.82) is 0 Å². The SMILES string of the molecule is CCc1cc(N)c(NC(=O)/C=C/c2ncccc2Nc2cc(C)c(OC)c(OC)c2)cc1CC. The molecule has 0 unspecified atom stereocenters. The van der Waals surface area contributed by atoms with Gasteiger partial charge in [0.25, 0.3) is 0 Å². The minimum absolute atomic E-state index is 0.281. The molecule has 7 nitrogen and oxygen atoms in total. The number of aromatic nitrogens is 1. The Bertz CT molecular complexity index is 1200. The maximum Gasteiger partial charge on any atom is 0.248 e. The topological polar surface area (TPSA) is 98.5 Å². The number of hydrogen-bond acceptors (Lipinski definition) is 6. The number of amides is 1. The molecule has 3 aromatic rings. The van der Waals surface area contributed by atoms with E-state index in [1.807, 2.05) is 43.3 Å². The van der Waals surface area contributed by atoms with Crippen molar-refractivity contribution in [2.75, 3.05) is 30.6 Å². The minimum atomic E-state index is -0.281. The summed E-state index contributed by atoms with van der Waals surface area (Å²) in [5.41, 5.74) is 12.8. The van der Waals surface area contributed by atoms with Gasteiger partial charge in [-0.05, 0) is 72.9 Å². The Morgan fingerprint density at radius 2 is 1.79 bits per heavy atom. The lowest BCUT2D eigenvalue weighted by Crippen LogP contribution is -2.11. The summed E-state index contributed by atoms with van der Waals surface area (Å²) in [6.45, 7) is 6.13. The van der Waals surface area contributed by atoms with Crippen LogP contribution < -0.4 is 25.8 Å². The summed E-state index contributed by atoms with van der Waals surface area (Å²) < 4.78 is 10.9. The lowest BCUT2D eigenvalue weighted by Gasteiger charge is -2.15. The first kappa shape index (κ1) is 24.6. The third-order valence-electron chi connectivity index (χ3n) is 5.57. The number of aryl methyl sites for hydroxylation is 3. The third-order valence-corrected chi connectivity index (χ3v) is 5.57. The predicted octanol–water partition coefficient (Wildman–Crippen LogP) is 5.51. The summed E-state index contributed by atoms with van der Waals surface area (Å²) in [6, 6.07) is 11.4. The van der Waals surface area contributed by atoms with Gasteiger partial charge in [-0.3, -0.25) is 9.78 Å². The molecular weight excluding hydrogens is 428 g/mol. The summed E-state index contributed by atoms with van der Waals surface area (Å²) in [7, 11) is 3.21. The van der Waals surface area contributed by atoms with E-state index in [-0.39, 0.29) is 5.91 Å². The molecule has 7 heteroatoms. The van der Waals surface area contributed by atoms with Crippen molar-refractivity contribution in [3.05, 3.63) is 71.1 Å². The molecule has 0 aliphatic heterocycles. The highest BCUT2D eigenvalue weighted by atomic mass is 16.5. The van der Waals surface area contributed by atoms with E-state index in [0.29, 0.717) is 28.6 Å². The highest BCUT2D eigenvalue weighted by molar-refractivity contribution is 6.04. The zero-order chi connectivity index (χ0) is 24.7. The second kappa shape index (κ2) is 11.2. The Labute approximate surface area is 201 Å². The van der Waals surface area contributed by atoms with E-state index in [4.69, 9.17) is 15.2 Å². The number of nitrogens with one attached hydrogen (secondary N) is 2. The maximum absolute atomic E-state index is 12.6. The molecule has 0 saturated carbocycles. The van der Waals surface area contributed by atoms with Crippen LogP contribution in [-0.4, -0.2) is 25.1 Å². The second-order valence-electron chi connectivity index (χ2n) is 7.83. The monoisotopic (exact) mass is 460 g/mol. The van der Waals surface area contributed by atoms with Gasteiger partial charge in [0.05, 0.1) is 37.0 Å². The van der Waals surface area contributed by atoms with E-state index >= 15 is 0 Å². The molecule has 3 rings (SSSR count). The van der Waals surface area contributed by atoms with Crippen LogP contribution in [0.4, 0.5) is 22.7 Å². The molecular formula is C27H32N4O3. The van der Waals surface area contributed by atoms with Crippen LogP contribution in [0.5, 0.6) is 11.5 Å². The number of anilines is 4. The summed E-state index contributed by atoms with van der Waals surface area (Å²) >= 11 is 0. The molecule has 1 aromatic heterocycles. The molecule has 0 bridgehead atoms. The Morgan fingerprint density at radius 1 is 1.06 bits per heavy atom. The number of carbonyl (C=O) groups is 1. The number of benzene rings is 2. The lowest BCUT2D eigenvalue weighted by atomic mass is 10.0. The normalized spacial score (nSPS) is 10.9. The Kier molecular flexibility index (Phi) is 8.14. The van der Waals surface area contributed by atoms with Crippen molar-refractivity contribution in [3.63, 3.8) is 0 Å². The van der Waals surface area contributed by atoms with Crippen LogP contribution in [-0.2, 0) is 17.6 Å². The molecule has 178 valence electrons. The minimum Gasteiger partial charge on any atom is -0.493 e. The van der Waals surface area contributed by atoms with Gasteiger partial charge in [0.15, 0.2) is 11.5 Å². The van der Waals surface area contributed by atoms with E-state index in [9.17, 15) is 4.79 Å². The molecule has 0 aliphatic carbocycles. The van der Waals surface area contributed by atoms with Crippen LogP contribution in [0.1, 0.15) is 36.2 Å². The fraction of sp³-hybridized carbons (Fsp3) is 0.259. The van der Waals surface area contributed by atoms with Gasteiger partial charge in [0, 0.05) is 24.0 Å². The Morgan fingerprint density at radius 3 is 2.47 bits per heavy atom. The van der Waals surface area contributed by atoms with Gasteiger partial charge >= 0.3 is 0 Å². The molecule has 0 saturated heterocycles. The van der Waals surface area contributed by atoms with Crippen molar-refractivity contribution in [3.8, 4) is 11.5 Å². The van der Waals surface area contributed by atoms with Crippen molar-refractivity contribution >= 4 is 34.7 Å². The maximum atomic E-state index is 12.6. The first-order valence-corrected chi connectivity index (χ1v) is 11.2. The Hall–Kier alpha value is -4.00. The van der Waals surface area contributed by atoms with Gasteiger partial charge in [-0.2, -0.15) is 0 Å². The van der Waals surface area contributed by atoms with Crippen molar-refractivity contribution in [2.24, 2.45) is 0 Å². The van der Waals surface area contributed by atoms with E-state index in [0.717, 1.165) is 29.8 Å². The number of ether oxygens (including phenoxy) is 2. The molecule has 0 spiro atoms. The lowest BCUT2D eigenvalue weighted by molar-refractivity contribution is -0.111. The largest absolute Gasteiger partial charge is 0.493 e. The van der Waals surface area contributed by atoms with E-state index in [2.05, 4.69) is 29.5 Å². The number of pyridine rings is 1. The first-order valence-electron chi connectivity index (χ1n) is 11.2. The van der Waals surface area contributed by atoms with E-state index in [1.165, 1.54) is 17.2 Å². The first-order chi connectivity index (χ1) is 16.4. The molecule has 0 fully saturated rings. The van der Waals surface area contributed by atoms with Gasteiger partial charge < -0.3 is 25.8 Å². The van der Waals surface area contributed by atoms with Crippen molar-refractivity contribution < 1.29 is 14.3 Å². The molecule has 4 N–H and O–H groups in total. The summed E-state index contributed by atoms with van der Waals surface area (Å²) in [4.78, 5) is 17.0. The predicted molar refractivity (Wildman–Crippen MR) is 139 cm³/mol.